The SMILES string of the molecule is O=C([C@@H]1C[C@H](F)CN1S(=O)(=O)c1cccc(F)c1)N1CCOCC1. The van der Waals surface area contributed by atoms with Crippen LogP contribution in [0.3, 0.4) is 0 Å². The molecule has 1 amide bonds. The number of carbonyl (C=O) groups is 1. The second-order valence-electron chi connectivity index (χ2n) is 5.82. The fourth-order valence-corrected chi connectivity index (χ4v) is 4.66. The molecule has 0 bridgehead atoms. The van der Waals surface area contributed by atoms with Crippen LogP contribution in [0.2, 0.25) is 0 Å². The van der Waals surface area contributed by atoms with E-state index in [-0.39, 0.29) is 11.3 Å². The van der Waals surface area contributed by atoms with Crippen LogP contribution in [0.25, 0.3) is 0 Å². The summed E-state index contributed by atoms with van der Waals surface area (Å²) in [5, 5.41) is 0. The maximum atomic E-state index is 13.9. The summed E-state index contributed by atoms with van der Waals surface area (Å²) in [6, 6.07) is 3.39. The van der Waals surface area contributed by atoms with E-state index >= 15 is 0 Å². The van der Waals surface area contributed by atoms with Gasteiger partial charge >= 0.3 is 0 Å². The van der Waals surface area contributed by atoms with Gasteiger partial charge in [-0.05, 0) is 18.2 Å². The molecule has 0 unspecified atom stereocenters. The number of rotatable bonds is 3. The van der Waals surface area contributed by atoms with Crippen molar-refractivity contribution in [1.29, 1.82) is 0 Å². The molecule has 3 rings (SSSR count). The average molecular weight is 360 g/mol. The summed E-state index contributed by atoms with van der Waals surface area (Å²) in [6.45, 7) is 1.03. The van der Waals surface area contributed by atoms with Crippen LogP contribution in [0, 0.1) is 5.82 Å². The zero-order valence-corrected chi connectivity index (χ0v) is 13.7. The Morgan fingerprint density at radius 3 is 2.62 bits per heavy atom. The highest BCUT2D eigenvalue weighted by Gasteiger charge is 2.45. The predicted octanol–water partition coefficient (Wildman–Crippen LogP) is 0.786. The molecular formula is C15H18F2N2O4S. The molecule has 132 valence electrons. The average Bonchev–Trinajstić information content (AvgIpc) is 2.97. The van der Waals surface area contributed by atoms with E-state index in [1.165, 1.54) is 17.0 Å². The smallest absolute Gasteiger partial charge is 0.244 e. The predicted molar refractivity (Wildman–Crippen MR) is 81.0 cm³/mol. The van der Waals surface area contributed by atoms with E-state index < -0.39 is 40.5 Å². The van der Waals surface area contributed by atoms with Crippen LogP contribution in [0.15, 0.2) is 29.2 Å². The fraction of sp³-hybridized carbons (Fsp3) is 0.533. The number of alkyl halides is 1. The zero-order chi connectivity index (χ0) is 17.3. The van der Waals surface area contributed by atoms with Gasteiger partial charge in [-0.15, -0.1) is 0 Å². The molecule has 1 aromatic rings. The van der Waals surface area contributed by atoms with E-state index in [9.17, 15) is 22.0 Å². The lowest BCUT2D eigenvalue weighted by atomic mass is 10.2. The monoisotopic (exact) mass is 360 g/mol. The summed E-state index contributed by atoms with van der Waals surface area (Å²) >= 11 is 0. The summed E-state index contributed by atoms with van der Waals surface area (Å²) in [5.74, 6) is -1.14. The quantitative estimate of drug-likeness (QED) is 0.799. The van der Waals surface area contributed by atoms with Gasteiger partial charge < -0.3 is 9.64 Å². The Morgan fingerprint density at radius 1 is 1.25 bits per heavy atom. The molecule has 9 heteroatoms. The van der Waals surface area contributed by atoms with Crippen LogP contribution >= 0.6 is 0 Å². The van der Waals surface area contributed by atoms with E-state index in [4.69, 9.17) is 4.74 Å². The summed E-state index contributed by atoms with van der Waals surface area (Å²) in [7, 11) is -4.15. The second-order valence-corrected chi connectivity index (χ2v) is 7.71. The Labute approximate surface area is 139 Å². The Kier molecular flexibility index (Phi) is 4.84. The number of amides is 1. The first kappa shape index (κ1) is 17.2. The van der Waals surface area contributed by atoms with Gasteiger partial charge in [-0.1, -0.05) is 6.07 Å². The third-order valence-electron chi connectivity index (χ3n) is 4.22. The Hall–Kier alpha value is -1.58. The molecule has 0 aromatic heterocycles. The summed E-state index contributed by atoms with van der Waals surface area (Å²) in [4.78, 5) is 13.8. The molecule has 2 atom stereocenters. The normalized spacial score (nSPS) is 25.8. The van der Waals surface area contributed by atoms with Crippen molar-refractivity contribution in [2.75, 3.05) is 32.8 Å². The van der Waals surface area contributed by atoms with Gasteiger partial charge in [-0.3, -0.25) is 4.79 Å². The number of morpholine rings is 1. The summed E-state index contributed by atoms with van der Waals surface area (Å²) < 4.78 is 58.7. The minimum Gasteiger partial charge on any atom is -0.378 e. The van der Waals surface area contributed by atoms with Crippen molar-refractivity contribution in [3.8, 4) is 0 Å². The second kappa shape index (κ2) is 6.73. The lowest BCUT2D eigenvalue weighted by Gasteiger charge is -2.32. The first-order chi connectivity index (χ1) is 11.4. The van der Waals surface area contributed by atoms with Crippen molar-refractivity contribution < 1.29 is 26.7 Å². The lowest BCUT2D eigenvalue weighted by Crippen LogP contribution is -2.50. The molecule has 2 aliphatic heterocycles. The maximum Gasteiger partial charge on any atom is 0.244 e. The Morgan fingerprint density at radius 2 is 1.96 bits per heavy atom. The molecule has 2 fully saturated rings. The highest BCUT2D eigenvalue weighted by atomic mass is 32.2. The maximum absolute atomic E-state index is 13.9. The van der Waals surface area contributed by atoms with Crippen molar-refractivity contribution in [3.63, 3.8) is 0 Å². The van der Waals surface area contributed by atoms with Crippen molar-refractivity contribution in [2.24, 2.45) is 0 Å². The molecule has 6 nitrogen and oxygen atoms in total. The van der Waals surface area contributed by atoms with Gasteiger partial charge in [0.25, 0.3) is 0 Å². The van der Waals surface area contributed by atoms with Crippen LogP contribution in [0.1, 0.15) is 6.42 Å². The molecule has 0 spiro atoms. The van der Waals surface area contributed by atoms with Gasteiger partial charge in [0, 0.05) is 26.1 Å². The van der Waals surface area contributed by atoms with E-state index in [2.05, 4.69) is 0 Å². The number of ether oxygens (including phenoxy) is 1. The van der Waals surface area contributed by atoms with Crippen LogP contribution < -0.4 is 0 Å². The zero-order valence-electron chi connectivity index (χ0n) is 12.9. The van der Waals surface area contributed by atoms with Crippen LogP contribution in [-0.4, -0.2) is 68.6 Å². The molecule has 1 aromatic carbocycles. The van der Waals surface area contributed by atoms with Crippen molar-refractivity contribution in [2.45, 2.75) is 23.5 Å². The molecule has 2 aliphatic rings. The molecule has 0 aliphatic carbocycles. The largest absolute Gasteiger partial charge is 0.378 e. The highest BCUT2D eigenvalue weighted by molar-refractivity contribution is 7.89. The fourth-order valence-electron chi connectivity index (χ4n) is 3.00. The topological polar surface area (TPSA) is 66.9 Å². The summed E-state index contributed by atoms with van der Waals surface area (Å²) in [6.07, 6.45) is -1.62. The van der Waals surface area contributed by atoms with Gasteiger partial charge in [0.2, 0.25) is 15.9 Å². The molecule has 2 saturated heterocycles. The number of nitrogens with zero attached hydrogens (tertiary/aromatic N) is 2. The van der Waals surface area contributed by atoms with E-state index in [1.807, 2.05) is 0 Å². The molecular weight excluding hydrogens is 342 g/mol. The van der Waals surface area contributed by atoms with Gasteiger partial charge in [0.05, 0.1) is 18.1 Å². The van der Waals surface area contributed by atoms with Crippen molar-refractivity contribution in [3.05, 3.63) is 30.1 Å². The number of sulfonamides is 1. The third kappa shape index (κ3) is 3.28. The number of carbonyl (C=O) groups excluding carboxylic acids is 1. The number of hydrogen-bond donors (Lipinski definition) is 0. The first-order valence-corrected chi connectivity index (χ1v) is 9.11. The highest BCUT2D eigenvalue weighted by Crippen LogP contribution is 2.29. The van der Waals surface area contributed by atoms with Gasteiger partial charge in [0.15, 0.2) is 0 Å². The number of halogens is 2. The number of hydrogen-bond acceptors (Lipinski definition) is 4. The molecule has 0 radical (unpaired) electrons. The third-order valence-corrected chi connectivity index (χ3v) is 6.09. The van der Waals surface area contributed by atoms with Crippen LogP contribution in [0.5, 0.6) is 0 Å². The minimum absolute atomic E-state index is 0.190. The summed E-state index contributed by atoms with van der Waals surface area (Å²) in [5.41, 5.74) is 0. The molecule has 0 saturated carbocycles. The molecule has 24 heavy (non-hydrogen) atoms. The number of benzene rings is 1. The van der Waals surface area contributed by atoms with E-state index in [0.29, 0.717) is 26.3 Å². The standard InChI is InChI=1S/C15H18F2N2O4S/c16-11-2-1-3-13(8-11)24(21,22)19-10-12(17)9-14(19)15(20)18-4-6-23-7-5-18/h1-3,8,12,14H,4-7,9-10H2/t12-,14-/m0/s1. The van der Waals surface area contributed by atoms with Crippen LogP contribution in [-0.2, 0) is 19.6 Å². The van der Waals surface area contributed by atoms with Crippen molar-refractivity contribution >= 4 is 15.9 Å². The minimum atomic E-state index is -4.15. The van der Waals surface area contributed by atoms with E-state index in [1.54, 1.807) is 0 Å². The first-order valence-electron chi connectivity index (χ1n) is 7.67. The Bertz CT molecular complexity index is 722. The lowest BCUT2D eigenvalue weighted by molar-refractivity contribution is -0.138. The van der Waals surface area contributed by atoms with Gasteiger partial charge in [-0.2, -0.15) is 4.31 Å². The van der Waals surface area contributed by atoms with Crippen molar-refractivity contribution in [1.82, 2.24) is 9.21 Å². The van der Waals surface area contributed by atoms with Gasteiger partial charge in [0.1, 0.15) is 18.0 Å². The van der Waals surface area contributed by atoms with E-state index in [0.717, 1.165) is 16.4 Å². The molecule has 0 N–H and O–H groups in total. The van der Waals surface area contributed by atoms with Gasteiger partial charge in [-0.25, -0.2) is 17.2 Å². The van der Waals surface area contributed by atoms with Crippen LogP contribution in [0.4, 0.5) is 8.78 Å². The Balaban J connectivity index is 1.88. The molecule has 2 heterocycles.